The number of fused-ring (bicyclic) bond motifs is 1. The summed E-state index contributed by atoms with van der Waals surface area (Å²) in [6.07, 6.45) is 1.85. The van der Waals surface area contributed by atoms with E-state index < -0.39 is 0 Å². The summed E-state index contributed by atoms with van der Waals surface area (Å²) in [5.41, 5.74) is 2.43. The van der Waals surface area contributed by atoms with Crippen molar-refractivity contribution in [2.75, 3.05) is 0 Å². The van der Waals surface area contributed by atoms with Gasteiger partial charge >= 0.3 is 0 Å². The molecular formula is C17H15N. The molecule has 0 saturated carbocycles. The Morgan fingerprint density at radius 3 is 2.39 bits per heavy atom. The van der Waals surface area contributed by atoms with Crippen molar-refractivity contribution in [2.24, 2.45) is 0 Å². The highest BCUT2D eigenvalue weighted by molar-refractivity contribution is 5.83. The van der Waals surface area contributed by atoms with Crippen molar-refractivity contribution in [1.29, 1.82) is 0 Å². The van der Waals surface area contributed by atoms with Crippen molar-refractivity contribution < 1.29 is 0 Å². The summed E-state index contributed by atoms with van der Waals surface area (Å²) in [6.45, 7) is 2.20. The highest BCUT2D eigenvalue weighted by Crippen LogP contribution is 2.25. The first-order chi connectivity index (χ1) is 8.84. The number of benzene rings is 2. The number of hydrogen-bond acceptors (Lipinski definition) is 1. The van der Waals surface area contributed by atoms with Gasteiger partial charge in [0.25, 0.3) is 0 Å². The minimum atomic E-state index is 0.329. The van der Waals surface area contributed by atoms with Gasteiger partial charge in [-0.05, 0) is 28.5 Å². The highest BCUT2D eigenvalue weighted by Gasteiger charge is 2.09. The van der Waals surface area contributed by atoms with Gasteiger partial charge in [0.05, 0.1) is 0 Å². The molecule has 2 aromatic carbocycles. The van der Waals surface area contributed by atoms with Crippen LogP contribution in [0.15, 0.2) is 66.9 Å². The quantitative estimate of drug-likeness (QED) is 0.639. The normalized spacial score (nSPS) is 12.5. The molecule has 1 aromatic heterocycles. The van der Waals surface area contributed by atoms with Crippen LogP contribution in [-0.4, -0.2) is 4.98 Å². The lowest BCUT2D eigenvalue weighted by Gasteiger charge is -2.12. The average Bonchev–Trinajstić information content (AvgIpc) is 2.47. The van der Waals surface area contributed by atoms with E-state index in [0.717, 1.165) is 5.69 Å². The van der Waals surface area contributed by atoms with E-state index in [1.165, 1.54) is 16.3 Å². The monoisotopic (exact) mass is 233 g/mol. The summed E-state index contributed by atoms with van der Waals surface area (Å²) >= 11 is 0. The summed E-state index contributed by atoms with van der Waals surface area (Å²) in [6, 6.07) is 21.2. The SMILES string of the molecule is CC(c1ccc2ccccc2c1)c1ccccn1. The maximum Gasteiger partial charge on any atom is 0.0475 e. The number of aromatic nitrogens is 1. The number of nitrogens with zero attached hydrogens (tertiary/aromatic N) is 1. The Labute approximate surface area is 107 Å². The van der Waals surface area contributed by atoms with E-state index in [9.17, 15) is 0 Å². The van der Waals surface area contributed by atoms with Crippen LogP contribution >= 0.6 is 0 Å². The van der Waals surface area contributed by atoms with E-state index in [1.807, 2.05) is 18.3 Å². The van der Waals surface area contributed by atoms with Crippen LogP contribution in [0.4, 0.5) is 0 Å². The van der Waals surface area contributed by atoms with Crippen molar-refractivity contribution in [3.8, 4) is 0 Å². The fourth-order valence-electron chi connectivity index (χ4n) is 2.28. The molecule has 3 aromatic rings. The molecule has 0 aliphatic rings. The Morgan fingerprint density at radius 2 is 1.61 bits per heavy atom. The molecule has 0 amide bonds. The molecule has 3 rings (SSSR count). The highest BCUT2D eigenvalue weighted by atomic mass is 14.7. The van der Waals surface area contributed by atoms with Crippen molar-refractivity contribution in [2.45, 2.75) is 12.8 Å². The second-order valence-corrected chi connectivity index (χ2v) is 4.58. The second-order valence-electron chi connectivity index (χ2n) is 4.58. The smallest absolute Gasteiger partial charge is 0.0475 e. The lowest BCUT2D eigenvalue weighted by molar-refractivity contribution is 0.873. The molecule has 1 heterocycles. The first kappa shape index (κ1) is 11.0. The second kappa shape index (κ2) is 4.61. The molecule has 18 heavy (non-hydrogen) atoms. The molecule has 0 saturated heterocycles. The summed E-state index contributed by atoms with van der Waals surface area (Å²) in [5, 5.41) is 2.58. The van der Waals surface area contributed by atoms with Crippen LogP contribution in [0.1, 0.15) is 24.1 Å². The fraction of sp³-hybridized carbons (Fsp3) is 0.118. The predicted molar refractivity (Wildman–Crippen MR) is 75.7 cm³/mol. The third-order valence-electron chi connectivity index (χ3n) is 3.40. The molecule has 0 N–H and O–H groups in total. The minimum absolute atomic E-state index is 0.329. The van der Waals surface area contributed by atoms with Gasteiger partial charge in [0.1, 0.15) is 0 Å². The van der Waals surface area contributed by atoms with Crippen molar-refractivity contribution in [1.82, 2.24) is 4.98 Å². The van der Waals surface area contributed by atoms with E-state index >= 15 is 0 Å². The lowest BCUT2D eigenvalue weighted by Crippen LogP contribution is -1.98. The Kier molecular flexibility index (Phi) is 2.81. The number of rotatable bonds is 2. The van der Waals surface area contributed by atoms with Crippen molar-refractivity contribution >= 4 is 10.8 Å². The van der Waals surface area contributed by atoms with Crippen LogP contribution in [0, 0.1) is 0 Å². The van der Waals surface area contributed by atoms with Crippen LogP contribution in [-0.2, 0) is 0 Å². The molecule has 0 aliphatic carbocycles. The van der Waals surface area contributed by atoms with E-state index in [4.69, 9.17) is 0 Å². The van der Waals surface area contributed by atoms with Crippen LogP contribution in [0.2, 0.25) is 0 Å². The molecule has 0 bridgehead atoms. The van der Waals surface area contributed by atoms with Gasteiger partial charge in [0, 0.05) is 17.8 Å². The standard InChI is InChI=1S/C17H15N/c1-13(17-8-4-5-11-18-17)15-10-9-14-6-2-3-7-16(14)12-15/h2-13H,1H3. The van der Waals surface area contributed by atoms with Gasteiger partial charge in [0.2, 0.25) is 0 Å². The molecule has 88 valence electrons. The van der Waals surface area contributed by atoms with E-state index in [1.54, 1.807) is 0 Å². The zero-order chi connectivity index (χ0) is 12.4. The van der Waals surface area contributed by atoms with Gasteiger partial charge in [-0.2, -0.15) is 0 Å². The van der Waals surface area contributed by atoms with Crippen LogP contribution < -0.4 is 0 Å². The summed E-state index contributed by atoms with van der Waals surface area (Å²) in [7, 11) is 0. The van der Waals surface area contributed by atoms with Gasteiger partial charge in [0.15, 0.2) is 0 Å². The molecule has 0 fully saturated rings. The minimum Gasteiger partial charge on any atom is -0.261 e. The summed E-state index contributed by atoms with van der Waals surface area (Å²) < 4.78 is 0. The zero-order valence-corrected chi connectivity index (χ0v) is 10.4. The first-order valence-electron chi connectivity index (χ1n) is 6.24. The Morgan fingerprint density at radius 1 is 0.833 bits per heavy atom. The van der Waals surface area contributed by atoms with E-state index in [2.05, 4.69) is 60.4 Å². The van der Waals surface area contributed by atoms with Gasteiger partial charge in [-0.1, -0.05) is 55.5 Å². The van der Waals surface area contributed by atoms with Crippen LogP contribution in [0.5, 0.6) is 0 Å². The topological polar surface area (TPSA) is 12.9 Å². The fourth-order valence-corrected chi connectivity index (χ4v) is 2.28. The van der Waals surface area contributed by atoms with Crippen LogP contribution in [0.25, 0.3) is 10.8 Å². The van der Waals surface area contributed by atoms with E-state index in [-0.39, 0.29) is 0 Å². The maximum atomic E-state index is 4.44. The Hall–Kier alpha value is -2.15. The van der Waals surface area contributed by atoms with Crippen LogP contribution in [0.3, 0.4) is 0 Å². The Bertz CT molecular complexity index is 659. The van der Waals surface area contributed by atoms with Gasteiger partial charge in [-0.15, -0.1) is 0 Å². The molecule has 1 atom stereocenters. The summed E-state index contributed by atoms with van der Waals surface area (Å²) in [5.74, 6) is 0.329. The zero-order valence-electron chi connectivity index (χ0n) is 10.4. The largest absolute Gasteiger partial charge is 0.261 e. The first-order valence-corrected chi connectivity index (χ1v) is 6.24. The van der Waals surface area contributed by atoms with Gasteiger partial charge < -0.3 is 0 Å². The average molecular weight is 233 g/mol. The molecule has 1 heteroatoms. The third-order valence-corrected chi connectivity index (χ3v) is 3.40. The molecular weight excluding hydrogens is 218 g/mol. The Balaban J connectivity index is 2.04. The predicted octanol–water partition coefficient (Wildman–Crippen LogP) is 4.39. The molecule has 0 spiro atoms. The van der Waals surface area contributed by atoms with Gasteiger partial charge in [-0.25, -0.2) is 0 Å². The molecule has 0 radical (unpaired) electrons. The maximum absolute atomic E-state index is 4.44. The molecule has 1 unspecified atom stereocenters. The lowest BCUT2D eigenvalue weighted by atomic mass is 9.95. The van der Waals surface area contributed by atoms with Gasteiger partial charge in [-0.3, -0.25) is 4.98 Å². The number of hydrogen-bond donors (Lipinski definition) is 0. The van der Waals surface area contributed by atoms with Crippen molar-refractivity contribution in [3.05, 3.63) is 78.1 Å². The number of pyridine rings is 1. The van der Waals surface area contributed by atoms with Crippen molar-refractivity contribution in [3.63, 3.8) is 0 Å². The molecule has 0 aliphatic heterocycles. The third kappa shape index (κ3) is 2.00. The summed E-state index contributed by atoms with van der Waals surface area (Å²) in [4.78, 5) is 4.44. The molecule has 1 nitrogen and oxygen atoms in total. The van der Waals surface area contributed by atoms with E-state index in [0.29, 0.717) is 5.92 Å².